The highest BCUT2D eigenvalue weighted by molar-refractivity contribution is 6.30. The molecule has 0 radical (unpaired) electrons. The first kappa shape index (κ1) is 15.5. The lowest BCUT2D eigenvalue weighted by Gasteiger charge is -2.26. The summed E-state index contributed by atoms with van der Waals surface area (Å²) in [6.45, 7) is 3.87. The van der Waals surface area contributed by atoms with E-state index in [0.29, 0.717) is 17.3 Å². The third kappa shape index (κ3) is 3.82. The van der Waals surface area contributed by atoms with Crippen LogP contribution >= 0.6 is 11.6 Å². The van der Waals surface area contributed by atoms with Crippen LogP contribution in [0.2, 0.25) is 5.02 Å². The van der Waals surface area contributed by atoms with Crippen molar-refractivity contribution in [1.82, 2.24) is 4.98 Å². The van der Waals surface area contributed by atoms with Crippen molar-refractivity contribution in [1.29, 1.82) is 0 Å². The van der Waals surface area contributed by atoms with Crippen LogP contribution in [0.15, 0.2) is 30.1 Å². The first-order chi connectivity index (χ1) is 10.0. The molecule has 2 rings (SSSR count). The molecule has 112 valence electrons. The van der Waals surface area contributed by atoms with Gasteiger partial charge >= 0.3 is 5.97 Å². The summed E-state index contributed by atoms with van der Waals surface area (Å²) in [6.07, 6.45) is 3.57. The van der Waals surface area contributed by atoms with Crippen LogP contribution in [0.3, 0.4) is 0 Å². The summed E-state index contributed by atoms with van der Waals surface area (Å²) < 4.78 is 4.95. The van der Waals surface area contributed by atoms with Crippen molar-refractivity contribution in [3.05, 3.63) is 35.1 Å². The van der Waals surface area contributed by atoms with Gasteiger partial charge < -0.3 is 10.1 Å². The molecule has 1 heterocycles. The quantitative estimate of drug-likeness (QED) is 0.684. The van der Waals surface area contributed by atoms with E-state index < -0.39 is 11.9 Å². The fourth-order valence-electron chi connectivity index (χ4n) is 2.35. The molecule has 0 bridgehead atoms. The lowest BCUT2D eigenvalue weighted by Crippen LogP contribution is -2.35. The Kier molecular flexibility index (Phi) is 4.96. The van der Waals surface area contributed by atoms with Crippen molar-refractivity contribution >= 4 is 29.2 Å². The van der Waals surface area contributed by atoms with Gasteiger partial charge in [0.1, 0.15) is 11.7 Å². The molecule has 1 aromatic rings. The van der Waals surface area contributed by atoms with E-state index >= 15 is 0 Å². The first-order valence-corrected chi connectivity index (χ1v) is 7.18. The van der Waals surface area contributed by atoms with E-state index in [1.807, 2.05) is 6.92 Å². The number of aromatic nitrogens is 1. The van der Waals surface area contributed by atoms with E-state index in [2.05, 4.69) is 10.3 Å². The van der Waals surface area contributed by atoms with Crippen LogP contribution in [0.5, 0.6) is 0 Å². The van der Waals surface area contributed by atoms with Gasteiger partial charge in [0.25, 0.3) is 0 Å². The van der Waals surface area contributed by atoms with Gasteiger partial charge in [-0.05, 0) is 31.4 Å². The third-order valence-electron chi connectivity index (χ3n) is 3.29. The van der Waals surface area contributed by atoms with Crippen LogP contribution in [-0.2, 0) is 14.3 Å². The van der Waals surface area contributed by atoms with Gasteiger partial charge in [0.15, 0.2) is 5.78 Å². The molecule has 21 heavy (non-hydrogen) atoms. The monoisotopic (exact) mass is 308 g/mol. The van der Waals surface area contributed by atoms with Gasteiger partial charge in [0, 0.05) is 18.0 Å². The topological polar surface area (TPSA) is 68.3 Å². The molecule has 1 aromatic heterocycles. The van der Waals surface area contributed by atoms with E-state index in [0.717, 1.165) is 5.70 Å². The fraction of sp³-hybridized carbons (Fsp3) is 0.400. The number of allylic oxidation sites excluding steroid dienone is 2. The number of carbonyl (C=O) groups is 2. The zero-order chi connectivity index (χ0) is 15.4. The van der Waals surface area contributed by atoms with Crippen LogP contribution in [0.4, 0.5) is 5.82 Å². The van der Waals surface area contributed by atoms with E-state index in [-0.39, 0.29) is 18.3 Å². The third-order valence-corrected chi connectivity index (χ3v) is 3.51. The standard InChI is InChI=1S/C15H17ClN2O3/c1-3-21-15(20)14-9(2)6-11(7-12(14)19)18-13-5-4-10(16)8-17-13/h4-5,7-9,14H,3,6H2,1-2H3,(H,17,18). The second kappa shape index (κ2) is 6.72. The number of ether oxygens (including phenoxy) is 1. The number of pyridine rings is 1. The number of nitrogens with zero attached hydrogens (tertiary/aromatic N) is 1. The van der Waals surface area contributed by atoms with Gasteiger partial charge in [0.2, 0.25) is 0 Å². The molecule has 5 nitrogen and oxygen atoms in total. The molecule has 2 atom stereocenters. The van der Waals surface area contributed by atoms with Crippen LogP contribution in [0.1, 0.15) is 20.3 Å². The van der Waals surface area contributed by atoms with Gasteiger partial charge in [-0.2, -0.15) is 0 Å². The van der Waals surface area contributed by atoms with Crippen LogP contribution in [-0.4, -0.2) is 23.3 Å². The first-order valence-electron chi connectivity index (χ1n) is 6.81. The van der Waals surface area contributed by atoms with Gasteiger partial charge in [-0.15, -0.1) is 0 Å². The van der Waals surface area contributed by atoms with Crippen molar-refractivity contribution in [2.45, 2.75) is 20.3 Å². The normalized spacial score (nSPS) is 21.7. The van der Waals surface area contributed by atoms with Crippen molar-refractivity contribution in [3.63, 3.8) is 0 Å². The molecular weight excluding hydrogens is 292 g/mol. The molecule has 0 aliphatic heterocycles. The fourth-order valence-corrected chi connectivity index (χ4v) is 2.46. The maximum Gasteiger partial charge on any atom is 0.317 e. The van der Waals surface area contributed by atoms with E-state index in [1.165, 1.54) is 12.3 Å². The molecular formula is C15H17ClN2O3. The Morgan fingerprint density at radius 2 is 2.29 bits per heavy atom. The van der Waals surface area contributed by atoms with Crippen LogP contribution in [0.25, 0.3) is 0 Å². The molecule has 0 saturated carbocycles. The summed E-state index contributed by atoms with van der Waals surface area (Å²) in [5.74, 6) is -0.899. The van der Waals surface area contributed by atoms with Crippen molar-refractivity contribution in [3.8, 4) is 0 Å². The number of hydrogen-bond acceptors (Lipinski definition) is 5. The molecule has 2 unspecified atom stereocenters. The second-order valence-corrected chi connectivity index (χ2v) is 5.41. The Bertz CT molecular complexity index is 569. The molecule has 6 heteroatoms. The zero-order valence-electron chi connectivity index (χ0n) is 11.9. The number of carbonyl (C=O) groups excluding carboxylic acids is 2. The number of hydrogen-bond donors (Lipinski definition) is 1. The molecule has 1 aliphatic carbocycles. The lowest BCUT2D eigenvalue weighted by atomic mass is 9.82. The van der Waals surface area contributed by atoms with Gasteiger partial charge in [-0.3, -0.25) is 9.59 Å². The smallest absolute Gasteiger partial charge is 0.317 e. The summed E-state index contributed by atoms with van der Waals surface area (Å²) >= 11 is 5.77. The number of halogens is 1. The summed E-state index contributed by atoms with van der Waals surface area (Å²) in [5, 5.41) is 3.63. The highest BCUT2D eigenvalue weighted by Crippen LogP contribution is 2.28. The number of nitrogens with one attached hydrogen (secondary N) is 1. The highest BCUT2D eigenvalue weighted by Gasteiger charge is 2.36. The molecule has 0 saturated heterocycles. The number of ketones is 1. The second-order valence-electron chi connectivity index (χ2n) is 4.97. The van der Waals surface area contributed by atoms with Gasteiger partial charge in [-0.1, -0.05) is 18.5 Å². The highest BCUT2D eigenvalue weighted by atomic mass is 35.5. The zero-order valence-corrected chi connectivity index (χ0v) is 12.7. The molecule has 1 aliphatic rings. The molecule has 0 amide bonds. The van der Waals surface area contributed by atoms with Gasteiger partial charge in [0.05, 0.1) is 11.6 Å². The largest absolute Gasteiger partial charge is 0.465 e. The van der Waals surface area contributed by atoms with E-state index in [9.17, 15) is 9.59 Å². The Morgan fingerprint density at radius 3 is 2.86 bits per heavy atom. The predicted octanol–water partition coefficient (Wildman–Crippen LogP) is 2.82. The SMILES string of the molecule is CCOC(=O)C1C(=O)C=C(Nc2ccc(Cl)cn2)CC1C. The Hall–Kier alpha value is -1.88. The molecule has 0 spiro atoms. The van der Waals surface area contributed by atoms with Crippen molar-refractivity contribution < 1.29 is 14.3 Å². The average molecular weight is 309 g/mol. The minimum Gasteiger partial charge on any atom is -0.465 e. The van der Waals surface area contributed by atoms with Crippen LogP contribution in [0, 0.1) is 11.8 Å². The Labute approximate surface area is 128 Å². The summed E-state index contributed by atoms with van der Waals surface area (Å²) in [6, 6.07) is 3.45. The average Bonchev–Trinajstić information content (AvgIpc) is 2.41. The van der Waals surface area contributed by atoms with Crippen LogP contribution < -0.4 is 5.32 Å². The summed E-state index contributed by atoms with van der Waals surface area (Å²) in [4.78, 5) is 28.0. The van der Waals surface area contributed by atoms with Crippen molar-refractivity contribution in [2.75, 3.05) is 11.9 Å². The van der Waals surface area contributed by atoms with Crippen molar-refractivity contribution in [2.24, 2.45) is 11.8 Å². The number of anilines is 1. The molecule has 0 aromatic carbocycles. The summed E-state index contributed by atoms with van der Waals surface area (Å²) in [5.41, 5.74) is 0.739. The molecule has 1 N–H and O–H groups in total. The Morgan fingerprint density at radius 1 is 1.52 bits per heavy atom. The lowest BCUT2D eigenvalue weighted by molar-refractivity contribution is -0.152. The van der Waals surface area contributed by atoms with E-state index in [4.69, 9.17) is 16.3 Å². The number of esters is 1. The predicted molar refractivity (Wildman–Crippen MR) is 79.9 cm³/mol. The van der Waals surface area contributed by atoms with Gasteiger partial charge in [-0.25, -0.2) is 4.98 Å². The minimum atomic E-state index is -0.714. The van der Waals surface area contributed by atoms with E-state index in [1.54, 1.807) is 19.1 Å². The minimum absolute atomic E-state index is 0.114. The molecule has 0 fully saturated rings. The summed E-state index contributed by atoms with van der Waals surface area (Å²) in [7, 11) is 0. The maximum absolute atomic E-state index is 12.1. The number of rotatable bonds is 4. The maximum atomic E-state index is 12.1. The Balaban J connectivity index is 2.10.